The van der Waals surface area contributed by atoms with Gasteiger partial charge in [0.15, 0.2) is 5.75 Å². The first-order valence-corrected chi connectivity index (χ1v) is 8.54. The number of hydrogen-bond donors (Lipinski definition) is 1. The zero-order valence-electron chi connectivity index (χ0n) is 14.8. The molecule has 2 aliphatic rings. The highest BCUT2D eigenvalue weighted by atomic mass is 16.6. The van der Waals surface area contributed by atoms with E-state index >= 15 is 0 Å². The van der Waals surface area contributed by atoms with Crippen molar-refractivity contribution in [2.75, 3.05) is 33.9 Å². The summed E-state index contributed by atoms with van der Waals surface area (Å²) in [4.78, 5) is 13.4. The fraction of sp³-hybridized carbons (Fsp3) is 0.588. The Kier molecular flexibility index (Phi) is 5.08. The molecular weight excluding hydrogens is 324 g/mol. The number of likely N-dealkylation sites (tertiary alicyclic amines) is 1. The van der Waals surface area contributed by atoms with Gasteiger partial charge in [0.25, 0.3) is 0 Å². The third-order valence-electron chi connectivity index (χ3n) is 4.72. The van der Waals surface area contributed by atoms with Crippen LogP contribution in [0.4, 0.5) is 5.69 Å². The Hall–Kier alpha value is -2.35. The van der Waals surface area contributed by atoms with Gasteiger partial charge in [-0.15, -0.1) is 0 Å². The lowest BCUT2D eigenvalue weighted by Crippen LogP contribution is -2.39. The van der Waals surface area contributed by atoms with Crippen molar-refractivity contribution in [3.05, 3.63) is 27.8 Å². The van der Waals surface area contributed by atoms with E-state index in [0.717, 1.165) is 37.2 Å². The van der Waals surface area contributed by atoms with Crippen molar-refractivity contribution in [3.8, 4) is 11.5 Å². The monoisotopic (exact) mass is 348 g/mol. The van der Waals surface area contributed by atoms with Gasteiger partial charge in [-0.3, -0.25) is 10.1 Å². The normalized spacial score (nSPS) is 22.8. The minimum atomic E-state index is -0.416. The van der Waals surface area contributed by atoms with Gasteiger partial charge in [0.1, 0.15) is 0 Å². The van der Waals surface area contributed by atoms with E-state index in [2.05, 4.69) is 22.5 Å². The van der Waals surface area contributed by atoms with Crippen LogP contribution in [0.25, 0.3) is 0 Å². The third kappa shape index (κ3) is 3.39. The molecule has 2 heterocycles. The Bertz CT molecular complexity index is 691. The van der Waals surface area contributed by atoms with Crippen LogP contribution in [0.2, 0.25) is 0 Å². The number of fused-ring (bicyclic) bond motifs is 1. The van der Waals surface area contributed by atoms with Crippen molar-refractivity contribution in [2.45, 2.75) is 25.8 Å². The Labute approximate surface area is 146 Å². The third-order valence-corrected chi connectivity index (χ3v) is 4.72. The van der Waals surface area contributed by atoms with E-state index in [-0.39, 0.29) is 23.4 Å². The number of piperidine rings is 1. The lowest BCUT2D eigenvalue weighted by atomic mass is 9.86. The molecule has 2 atom stereocenters. The number of benzene rings is 1. The van der Waals surface area contributed by atoms with E-state index in [1.54, 1.807) is 6.07 Å². The molecular formula is C17H24N4O4. The molecule has 2 aliphatic heterocycles. The maximum atomic E-state index is 11.6. The van der Waals surface area contributed by atoms with E-state index in [0.29, 0.717) is 12.4 Å². The van der Waals surface area contributed by atoms with E-state index in [1.807, 2.05) is 13.0 Å². The molecule has 0 aromatic heterocycles. The zero-order chi connectivity index (χ0) is 18.0. The summed E-state index contributed by atoms with van der Waals surface area (Å²) in [6.45, 7) is 4.21. The summed E-state index contributed by atoms with van der Waals surface area (Å²) in [5.74, 6) is 0.792. The van der Waals surface area contributed by atoms with Crippen LogP contribution in [-0.2, 0) is 0 Å². The van der Waals surface area contributed by atoms with Crippen molar-refractivity contribution in [2.24, 2.45) is 11.0 Å². The molecule has 0 amide bonds. The minimum absolute atomic E-state index is 0.0674. The summed E-state index contributed by atoms with van der Waals surface area (Å²) < 4.78 is 11.0. The van der Waals surface area contributed by atoms with Gasteiger partial charge < -0.3 is 19.8 Å². The van der Waals surface area contributed by atoms with Crippen LogP contribution in [-0.4, -0.2) is 49.4 Å². The molecule has 0 saturated carbocycles. The second-order valence-corrected chi connectivity index (χ2v) is 6.51. The Morgan fingerprint density at radius 1 is 1.48 bits per heavy atom. The van der Waals surface area contributed by atoms with Gasteiger partial charge in [-0.1, -0.05) is 6.92 Å². The number of nitro groups is 1. The fourth-order valence-corrected chi connectivity index (χ4v) is 3.43. The fourth-order valence-electron chi connectivity index (χ4n) is 3.43. The first-order chi connectivity index (χ1) is 12.0. The van der Waals surface area contributed by atoms with Crippen LogP contribution < -0.4 is 14.9 Å². The van der Waals surface area contributed by atoms with Crippen molar-refractivity contribution in [3.63, 3.8) is 0 Å². The molecule has 1 aromatic carbocycles. The molecule has 8 nitrogen and oxygen atoms in total. The van der Waals surface area contributed by atoms with E-state index in [1.165, 1.54) is 7.11 Å². The maximum absolute atomic E-state index is 11.6. The summed E-state index contributed by atoms with van der Waals surface area (Å²) in [7, 11) is 3.58. The number of ether oxygens (including phenoxy) is 2. The van der Waals surface area contributed by atoms with Crippen molar-refractivity contribution in [1.82, 2.24) is 10.3 Å². The van der Waals surface area contributed by atoms with Crippen LogP contribution in [0.15, 0.2) is 17.2 Å². The summed E-state index contributed by atoms with van der Waals surface area (Å²) >= 11 is 0. The number of hydrazone groups is 1. The molecule has 0 spiro atoms. The van der Waals surface area contributed by atoms with Gasteiger partial charge in [-0.05, 0) is 25.1 Å². The molecule has 0 aliphatic carbocycles. The molecule has 1 aromatic rings. The molecule has 25 heavy (non-hydrogen) atoms. The highest BCUT2D eigenvalue weighted by molar-refractivity contribution is 5.90. The highest BCUT2D eigenvalue weighted by Crippen LogP contribution is 2.42. The largest absolute Gasteiger partial charge is 0.493 e. The molecule has 1 saturated heterocycles. The molecule has 1 fully saturated rings. The van der Waals surface area contributed by atoms with Crippen LogP contribution in [0, 0.1) is 16.0 Å². The standard InChI is InChI=1S/C17H24N4O4/c1-4-7-25-17-14(21(22)23)8-11(9-15(17)24-3)16-12-10-20(2)6-5-13(12)18-19-16/h8-9,12,16,19H,4-7,10H2,1-3H3. The van der Waals surface area contributed by atoms with Gasteiger partial charge in [0.2, 0.25) is 5.75 Å². The Morgan fingerprint density at radius 2 is 2.28 bits per heavy atom. The van der Waals surface area contributed by atoms with Crippen LogP contribution >= 0.6 is 0 Å². The summed E-state index contributed by atoms with van der Waals surface area (Å²) in [6.07, 6.45) is 1.68. The predicted molar refractivity (Wildman–Crippen MR) is 94.4 cm³/mol. The van der Waals surface area contributed by atoms with Crippen LogP contribution in [0.1, 0.15) is 31.4 Å². The first kappa shape index (κ1) is 17.5. The SMILES string of the molecule is CCCOc1c(OC)cc(C2NN=C3CCN(C)CC32)cc1[N+](=O)[O-]. The molecule has 3 rings (SSSR count). The maximum Gasteiger partial charge on any atom is 0.315 e. The topological polar surface area (TPSA) is 89.2 Å². The van der Waals surface area contributed by atoms with Crippen LogP contribution in [0.3, 0.4) is 0 Å². The van der Waals surface area contributed by atoms with E-state index < -0.39 is 4.92 Å². The predicted octanol–water partition coefficient (Wildman–Crippen LogP) is 2.34. The number of nitro benzene ring substituents is 1. The summed E-state index contributed by atoms with van der Waals surface area (Å²) in [5, 5.41) is 16.0. The van der Waals surface area contributed by atoms with Gasteiger partial charge in [-0.2, -0.15) is 5.10 Å². The quantitative estimate of drug-likeness (QED) is 0.627. The molecule has 0 radical (unpaired) electrons. The summed E-state index contributed by atoms with van der Waals surface area (Å²) in [5.41, 5.74) is 5.02. The first-order valence-electron chi connectivity index (χ1n) is 8.54. The van der Waals surface area contributed by atoms with E-state index in [9.17, 15) is 10.1 Å². The number of rotatable bonds is 6. The highest BCUT2D eigenvalue weighted by Gasteiger charge is 2.37. The van der Waals surface area contributed by atoms with Gasteiger partial charge in [-0.25, -0.2) is 0 Å². The van der Waals surface area contributed by atoms with Crippen molar-refractivity contribution < 1.29 is 14.4 Å². The number of nitrogens with one attached hydrogen (secondary N) is 1. The average Bonchev–Trinajstić information content (AvgIpc) is 3.02. The van der Waals surface area contributed by atoms with Gasteiger partial charge >= 0.3 is 5.69 Å². The molecule has 0 bridgehead atoms. The smallest absolute Gasteiger partial charge is 0.315 e. The van der Waals surface area contributed by atoms with Crippen molar-refractivity contribution in [1.29, 1.82) is 0 Å². The molecule has 2 unspecified atom stereocenters. The number of methoxy groups -OCH3 is 1. The minimum Gasteiger partial charge on any atom is -0.493 e. The molecule has 136 valence electrons. The summed E-state index contributed by atoms with van der Waals surface area (Å²) in [6, 6.07) is 3.31. The lowest BCUT2D eigenvalue weighted by molar-refractivity contribution is -0.386. The molecule has 1 N–H and O–H groups in total. The zero-order valence-corrected chi connectivity index (χ0v) is 14.8. The number of hydrogen-bond acceptors (Lipinski definition) is 7. The van der Waals surface area contributed by atoms with Gasteiger partial charge in [0, 0.05) is 37.2 Å². The van der Waals surface area contributed by atoms with Crippen LogP contribution in [0.5, 0.6) is 11.5 Å². The number of nitrogens with zero attached hydrogens (tertiary/aromatic N) is 3. The van der Waals surface area contributed by atoms with Gasteiger partial charge in [0.05, 0.1) is 24.7 Å². The average molecular weight is 348 g/mol. The van der Waals surface area contributed by atoms with E-state index in [4.69, 9.17) is 9.47 Å². The van der Waals surface area contributed by atoms with Crippen molar-refractivity contribution >= 4 is 11.4 Å². The Balaban J connectivity index is 1.97. The second kappa shape index (κ2) is 7.26. The Morgan fingerprint density at radius 3 is 2.96 bits per heavy atom. The lowest BCUT2D eigenvalue weighted by Gasteiger charge is -2.31. The second-order valence-electron chi connectivity index (χ2n) is 6.51. The molecule has 8 heteroatoms.